The molecule has 1 aromatic rings. The van der Waals surface area contributed by atoms with E-state index in [9.17, 15) is 4.79 Å². The van der Waals surface area contributed by atoms with Gasteiger partial charge in [-0.1, -0.05) is 22.4 Å². The Morgan fingerprint density at radius 3 is 3.00 bits per heavy atom. The Morgan fingerprint density at radius 1 is 1.56 bits per heavy atom. The lowest BCUT2D eigenvalue weighted by Gasteiger charge is -2.18. The molecule has 1 saturated carbocycles. The summed E-state index contributed by atoms with van der Waals surface area (Å²) >= 11 is 8.42. The van der Waals surface area contributed by atoms with Crippen molar-refractivity contribution in [1.29, 1.82) is 0 Å². The van der Waals surface area contributed by atoms with E-state index in [0.717, 1.165) is 21.1 Å². The minimum atomic E-state index is 0.0554. The summed E-state index contributed by atoms with van der Waals surface area (Å²) < 4.78 is 1.00. The van der Waals surface area contributed by atoms with Crippen molar-refractivity contribution in [3.05, 3.63) is 20.8 Å². The second-order valence-corrected chi connectivity index (χ2v) is 7.00. The van der Waals surface area contributed by atoms with Crippen molar-refractivity contribution in [3.8, 4) is 0 Å². The molecule has 0 bridgehead atoms. The number of amides is 1. The van der Waals surface area contributed by atoms with Crippen LogP contribution in [0.2, 0.25) is 0 Å². The Labute approximate surface area is 116 Å². The summed E-state index contributed by atoms with van der Waals surface area (Å²) in [6.07, 6.45) is 3.53. The Bertz CT molecular complexity index is 380. The number of rotatable bonds is 3. The quantitative estimate of drug-likeness (QED) is 0.810. The highest BCUT2D eigenvalue weighted by atomic mass is 79.9. The summed E-state index contributed by atoms with van der Waals surface area (Å²) in [6, 6.07) is 2.21. The Balaban J connectivity index is 1.97. The lowest BCUT2D eigenvalue weighted by Crippen LogP contribution is -2.37. The number of thiophene rings is 1. The van der Waals surface area contributed by atoms with Gasteiger partial charge in [-0.25, -0.2) is 0 Å². The van der Waals surface area contributed by atoms with Crippen LogP contribution in [0.5, 0.6) is 0 Å². The fourth-order valence-electron chi connectivity index (χ4n) is 2.09. The summed E-state index contributed by atoms with van der Waals surface area (Å²) in [5.74, 6) is 0.644. The van der Waals surface area contributed by atoms with Gasteiger partial charge in [-0.3, -0.25) is 4.79 Å². The van der Waals surface area contributed by atoms with Crippen LogP contribution in [-0.2, 0) is 0 Å². The Hall–Kier alpha value is 0.130. The third kappa shape index (κ3) is 2.87. The second kappa shape index (κ2) is 5.65. The lowest BCUT2D eigenvalue weighted by atomic mass is 10.1. The van der Waals surface area contributed by atoms with Gasteiger partial charge in [0.25, 0.3) is 5.91 Å². The smallest absolute Gasteiger partial charge is 0.252 e. The first-order valence-electron chi connectivity index (χ1n) is 5.31. The largest absolute Gasteiger partial charge is 0.349 e. The molecule has 1 fully saturated rings. The highest BCUT2D eigenvalue weighted by molar-refractivity contribution is 9.11. The fraction of sp³-hybridized carbons (Fsp3) is 0.545. The molecule has 0 aliphatic heterocycles. The van der Waals surface area contributed by atoms with E-state index in [0.29, 0.717) is 12.0 Å². The molecule has 1 N–H and O–H groups in total. The predicted molar refractivity (Wildman–Crippen MR) is 74.4 cm³/mol. The fourth-order valence-corrected chi connectivity index (χ4v) is 4.00. The van der Waals surface area contributed by atoms with Crippen molar-refractivity contribution in [2.24, 2.45) is 5.92 Å². The van der Waals surface area contributed by atoms with Gasteiger partial charge in [-0.2, -0.15) is 0 Å². The molecule has 1 aliphatic rings. The predicted octanol–water partition coefficient (Wildman–Crippen LogP) is 3.80. The normalized spacial score (nSPS) is 24.6. The zero-order valence-electron chi connectivity index (χ0n) is 8.71. The van der Waals surface area contributed by atoms with E-state index in [2.05, 4.69) is 37.2 Å². The minimum Gasteiger partial charge on any atom is -0.349 e. The molecule has 1 amide bonds. The van der Waals surface area contributed by atoms with Gasteiger partial charge in [0.2, 0.25) is 0 Å². The number of nitrogens with one attached hydrogen (secondary N) is 1. The van der Waals surface area contributed by atoms with E-state index in [1.54, 1.807) is 11.3 Å². The summed E-state index contributed by atoms with van der Waals surface area (Å²) in [5, 5.41) is 5.99. The van der Waals surface area contributed by atoms with E-state index in [1.165, 1.54) is 12.8 Å². The molecule has 2 atom stereocenters. The number of carbonyl (C=O) groups is 1. The van der Waals surface area contributed by atoms with E-state index in [1.807, 2.05) is 11.4 Å². The van der Waals surface area contributed by atoms with Crippen molar-refractivity contribution < 1.29 is 4.79 Å². The summed E-state index contributed by atoms with van der Waals surface area (Å²) in [5.41, 5.74) is 0.761. The first-order valence-corrected chi connectivity index (χ1v) is 8.11. The van der Waals surface area contributed by atoms with Crippen LogP contribution < -0.4 is 5.32 Å². The van der Waals surface area contributed by atoms with Crippen molar-refractivity contribution in [2.75, 3.05) is 5.33 Å². The molecular formula is C11H13Br2NOS. The molecule has 88 valence electrons. The average molecular weight is 367 g/mol. The first-order chi connectivity index (χ1) is 7.70. The van der Waals surface area contributed by atoms with Crippen LogP contribution in [0, 0.1) is 5.92 Å². The number of halogens is 2. The lowest BCUT2D eigenvalue weighted by molar-refractivity contribution is 0.0930. The molecule has 2 unspecified atom stereocenters. The zero-order chi connectivity index (χ0) is 11.5. The summed E-state index contributed by atoms with van der Waals surface area (Å²) in [4.78, 5) is 11.9. The van der Waals surface area contributed by atoms with Gasteiger partial charge >= 0.3 is 0 Å². The molecule has 0 saturated heterocycles. The molecule has 1 aliphatic carbocycles. The maximum Gasteiger partial charge on any atom is 0.252 e. The number of hydrogen-bond acceptors (Lipinski definition) is 2. The highest BCUT2D eigenvalue weighted by Crippen LogP contribution is 2.28. The van der Waals surface area contributed by atoms with E-state index >= 15 is 0 Å². The van der Waals surface area contributed by atoms with Crippen molar-refractivity contribution >= 4 is 49.1 Å². The second-order valence-electron chi connectivity index (χ2n) is 4.06. The Morgan fingerprint density at radius 2 is 2.38 bits per heavy atom. The van der Waals surface area contributed by atoms with Crippen LogP contribution in [0.3, 0.4) is 0 Å². The van der Waals surface area contributed by atoms with Crippen LogP contribution in [0.1, 0.15) is 29.6 Å². The van der Waals surface area contributed by atoms with Gasteiger partial charge < -0.3 is 5.32 Å². The van der Waals surface area contributed by atoms with Crippen LogP contribution in [0.15, 0.2) is 15.2 Å². The molecule has 1 heterocycles. The third-order valence-electron chi connectivity index (χ3n) is 3.00. The number of alkyl halides is 1. The zero-order valence-corrected chi connectivity index (χ0v) is 12.7. The summed E-state index contributed by atoms with van der Waals surface area (Å²) in [7, 11) is 0. The number of hydrogen-bond donors (Lipinski definition) is 1. The molecule has 0 radical (unpaired) electrons. The number of carbonyl (C=O) groups excluding carboxylic acids is 1. The maximum absolute atomic E-state index is 11.9. The Kier molecular flexibility index (Phi) is 4.44. The van der Waals surface area contributed by atoms with Crippen LogP contribution in [0.25, 0.3) is 0 Å². The molecule has 0 aromatic carbocycles. The van der Waals surface area contributed by atoms with Gasteiger partial charge in [0, 0.05) is 16.8 Å². The van der Waals surface area contributed by atoms with E-state index in [4.69, 9.17) is 0 Å². The van der Waals surface area contributed by atoms with Crippen molar-refractivity contribution in [1.82, 2.24) is 5.32 Å². The SMILES string of the molecule is O=C(NC1CCCC1CBr)c1csc(Br)c1. The van der Waals surface area contributed by atoms with Gasteiger partial charge in [-0.05, 0) is 40.8 Å². The highest BCUT2D eigenvalue weighted by Gasteiger charge is 2.27. The maximum atomic E-state index is 11.9. The van der Waals surface area contributed by atoms with E-state index < -0.39 is 0 Å². The monoisotopic (exact) mass is 365 g/mol. The van der Waals surface area contributed by atoms with Crippen LogP contribution in [0.4, 0.5) is 0 Å². The molecular weight excluding hydrogens is 354 g/mol. The molecule has 1 aromatic heterocycles. The first kappa shape index (κ1) is 12.6. The van der Waals surface area contributed by atoms with Crippen molar-refractivity contribution in [2.45, 2.75) is 25.3 Å². The topological polar surface area (TPSA) is 29.1 Å². The van der Waals surface area contributed by atoms with Gasteiger partial charge in [-0.15, -0.1) is 11.3 Å². The van der Waals surface area contributed by atoms with Gasteiger partial charge in [0.1, 0.15) is 0 Å². The molecule has 0 spiro atoms. The third-order valence-corrected chi connectivity index (χ3v) is 5.34. The van der Waals surface area contributed by atoms with Gasteiger partial charge in [0.05, 0.1) is 9.35 Å². The van der Waals surface area contributed by atoms with E-state index in [-0.39, 0.29) is 5.91 Å². The van der Waals surface area contributed by atoms with Crippen molar-refractivity contribution in [3.63, 3.8) is 0 Å². The standard InChI is InChI=1S/C11H13Br2NOS/c12-5-7-2-1-3-9(7)14-11(15)8-4-10(13)16-6-8/h4,6-7,9H,1-3,5H2,(H,14,15). The summed E-state index contributed by atoms with van der Waals surface area (Å²) in [6.45, 7) is 0. The molecule has 5 heteroatoms. The molecule has 2 nitrogen and oxygen atoms in total. The van der Waals surface area contributed by atoms with Crippen LogP contribution in [-0.4, -0.2) is 17.3 Å². The van der Waals surface area contributed by atoms with Crippen LogP contribution >= 0.6 is 43.2 Å². The van der Waals surface area contributed by atoms with Gasteiger partial charge in [0.15, 0.2) is 0 Å². The molecule has 2 rings (SSSR count). The molecule has 16 heavy (non-hydrogen) atoms. The average Bonchev–Trinajstić information content (AvgIpc) is 2.86. The minimum absolute atomic E-state index is 0.0554.